The van der Waals surface area contributed by atoms with Crippen molar-refractivity contribution in [3.8, 4) is 0 Å². The summed E-state index contributed by atoms with van der Waals surface area (Å²) >= 11 is 5.47. The first-order valence-corrected chi connectivity index (χ1v) is 9.55. The maximum atomic E-state index is 5.47. The molecule has 0 aromatic rings. The third kappa shape index (κ3) is 4.02. The molecule has 3 nitrogen and oxygen atoms in total. The summed E-state index contributed by atoms with van der Waals surface area (Å²) in [5.41, 5.74) is 0. The molecule has 0 aromatic carbocycles. The van der Waals surface area contributed by atoms with E-state index in [-0.39, 0.29) is 0 Å². The fourth-order valence-corrected chi connectivity index (χ4v) is 4.73. The Morgan fingerprint density at radius 1 is 1.14 bits per heavy atom. The van der Waals surface area contributed by atoms with Gasteiger partial charge in [0, 0.05) is 25.7 Å². The Bertz CT molecular complexity index is 392. The van der Waals surface area contributed by atoms with Crippen LogP contribution in [0.25, 0.3) is 0 Å². The summed E-state index contributed by atoms with van der Waals surface area (Å²) in [5, 5.41) is 7.76. The minimum absolute atomic E-state index is 0.657. The molecule has 3 aliphatic heterocycles. The van der Waals surface area contributed by atoms with Gasteiger partial charge in [0.1, 0.15) is 0 Å². The topological polar surface area (TPSA) is 27.3 Å². The van der Waals surface area contributed by atoms with Crippen molar-refractivity contribution in [1.82, 2.24) is 15.5 Å². The minimum Gasteiger partial charge on any atom is -0.362 e. The van der Waals surface area contributed by atoms with Crippen molar-refractivity contribution in [2.75, 3.05) is 26.2 Å². The molecule has 0 aromatic heterocycles. The van der Waals surface area contributed by atoms with Gasteiger partial charge in [-0.15, -0.1) is 6.58 Å². The summed E-state index contributed by atoms with van der Waals surface area (Å²) in [7, 11) is 0. The molecule has 0 spiro atoms. The molecule has 4 rings (SSSR count). The number of nitrogens with one attached hydrogen (secondary N) is 2. The van der Waals surface area contributed by atoms with Crippen LogP contribution in [0, 0.1) is 17.8 Å². The monoisotopic (exact) mass is 321 g/mol. The number of nitrogens with zero attached hydrogens (tertiary/aromatic N) is 1. The zero-order chi connectivity index (χ0) is 15.4. The molecule has 2 N–H and O–H groups in total. The smallest absolute Gasteiger partial charge is 0.166 e. The van der Waals surface area contributed by atoms with Gasteiger partial charge in [0.2, 0.25) is 0 Å². The van der Waals surface area contributed by atoms with Gasteiger partial charge in [0.05, 0.1) is 0 Å². The first-order valence-electron chi connectivity index (χ1n) is 9.14. The van der Waals surface area contributed by atoms with Crippen molar-refractivity contribution in [2.45, 2.75) is 51.0 Å². The van der Waals surface area contributed by atoms with Crippen LogP contribution < -0.4 is 10.6 Å². The lowest BCUT2D eigenvalue weighted by Crippen LogP contribution is -2.57. The Morgan fingerprint density at radius 3 is 2.59 bits per heavy atom. The Hall–Kier alpha value is -0.610. The number of hydrogen-bond acceptors (Lipinski definition) is 2. The molecule has 3 saturated heterocycles. The maximum absolute atomic E-state index is 5.47. The molecule has 1 aliphatic carbocycles. The van der Waals surface area contributed by atoms with Crippen molar-refractivity contribution in [3.63, 3.8) is 0 Å². The lowest BCUT2D eigenvalue weighted by molar-refractivity contribution is 0.0215. The predicted molar refractivity (Wildman–Crippen MR) is 97.0 cm³/mol. The van der Waals surface area contributed by atoms with Crippen molar-refractivity contribution in [2.24, 2.45) is 17.8 Å². The summed E-state index contributed by atoms with van der Waals surface area (Å²) in [5.74, 6) is 2.38. The number of thiocarbonyl (C=S) groups is 1. The van der Waals surface area contributed by atoms with Crippen LogP contribution in [0.4, 0.5) is 0 Å². The van der Waals surface area contributed by atoms with Crippen LogP contribution in [-0.2, 0) is 0 Å². The van der Waals surface area contributed by atoms with Crippen molar-refractivity contribution >= 4 is 17.3 Å². The van der Waals surface area contributed by atoms with Gasteiger partial charge in [-0.1, -0.05) is 25.3 Å². The van der Waals surface area contributed by atoms with E-state index in [1.807, 2.05) is 0 Å². The van der Waals surface area contributed by atoms with E-state index in [0.29, 0.717) is 12.0 Å². The zero-order valence-corrected chi connectivity index (χ0v) is 14.5. The molecule has 3 heterocycles. The molecule has 22 heavy (non-hydrogen) atoms. The second kappa shape index (κ2) is 7.78. The SMILES string of the molecule is C=C[C@H]1CN2CC[C@H]1C[C@@H]2CNC(=S)NCC1CCCCC1. The van der Waals surface area contributed by atoms with E-state index in [1.54, 1.807) is 0 Å². The van der Waals surface area contributed by atoms with Gasteiger partial charge >= 0.3 is 0 Å². The van der Waals surface area contributed by atoms with E-state index < -0.39 is 0 Å². The van der Waals surface area contributed by atoms with Crippen molar-refractivity contribution in [3.05, 3.63) is 12.7 Å². The van der Waals surface area contributed by atoms with E-state index in [2.05, 4.69) is 28.2 Å². The van der Waals surface area contributed by atoms with E-state index in [1.165, 1.54) is 58.0 Å². The number of rotatable bonds is 5. The number of hydrogen-bond donors (Lipinski definition) is 2. The minimum atomic E-state index is 0.657. The molecule has 1 saturated carbocycles. The van der Waals surface area contributed by atoms with Gasteiger partial charge in [0.15, 0.2) is 5.11 Å². The molecule has 4 atom stereocenters. The van der Waals surface area contributed by atoms with E-state index >= 15 is 0 Å². The van der Waals surface area contributed by atoms with Gasteiger partial charge in [-0.25, -0.2) is 0 Å². The molecule has 2 bridgehead atoms. The predicted octanol–water partition coefficient (Wildman–Crippen LogP) is 2.93. The summed E-state index contributed by atoms with van der Waals surface area (Å²) in [6, 6.07) is 0.657. The second-order valence-electron chi connectivity index (χ2n) is 7.43. The largest absolute Gasteiger partial charge is 0.362 e. The molecule has 0 amide bonds. The lowest BCUT2D eigenvalue weighted by atomic mass is 9.76. The molecular formula is C18H31N3S. The standard InChI is InChI=1S/C18H31N3S/c1-2-15-13-21-9-8-16(15)10-17(21)12-20-18(22)19-11-14-6-4-3-5-7-14/h2,14-17H,1,3-13H2,(H2,19,20,22)/t15-,16-,17+/m0/s1. The molecule has 4 aliphatic rings. The van der Waals surface area contributed by atoms with Crippen LogP contribution in [0.1, 0.15) is 44.9 Å². The van der Waals surface area contributed by atoms with E-state index in [0.717, 1.165) is 30.0 Å². The summed E-state index contributed by atoms with van der Waals surface area (Å²) in [4.78, 5) is 2.63. The van der Waals surface area contributed by atoms with Crippen LogP contribution in [0.3, 0.4) is 0 Å². The Balaban J connectivity index is 1.36. The van der Waals surface area contributed by atoms with Crippen molar-refractivity contribution < 1.29 is 0 Å². The van der Waals surface area contributed by atoms with Crippen LogP contribution in [0.5, 0.6) is 0 Å². The Kier molecular flexibility index (Phi) is 5.75. The summed E-state index contributed by atoms with van der Waals surface area (Å²) < 4.78 is 0. The van der Waals surface area contributed by atoms with Crippen molar-refractivity contribution in [1.29, 1.82) is 0 Å². The fraction of sp³-hybridized carbons (Fsp3) is 0.833. The highest BCUT2D eigenvalue weighted by Gasteiger charge is 2.38. The molecule has 124 valence electrons. The molecule has 1 unspecified atom stereocenters. The fourth-order valence-electron chi connectivity index (χ4n) is 4.56. The van der Waals surface area contributed by atoms with Crippen LogP contribution in [0.15, 0.2) is 12.7 Å². The normalized spacial score (nSPS) is 35.1. The van der Waals surface area contributed by atoms with Gasteiger partial charge in [-0.05, 0) is 62.2 Å². The average molecular weight is 322 g/mol. The highest BCUT2D eigenvalue weighted by molar-refractivity contribution is 7.80. The average Bonchev–Trinajstić information content (AvgIpc) is 2.59. The molecule has 4 fully saturated rings. The van der Waals surface area contributed by atoms with E-state index in [4.69, 9.17) is 12.2 Å². The summed E-state index contributed by atoms with van der Waals surface area (Å²) in [6.45, 7) is 8.50. The van der Waals surface area contributed by atoms with Gasteiger partial charge < -0.3 is 10.6 Å². The lowest BCUT2D eigenvalue weighted by Gasteiger charge is -2.49. The van der Waals surface area contributed by atoms with Crippen LogP contribution >= 0.6 is 12.2 Å². The second-order valence-corrected chi connectivity index (χ2v) is 7.84. The zero-order valence-electron chi connectivity index (χ0n) is 13.7. The van der Waals surface area contributed by atoms with Gasteiger partial charge in [-0.2, -0.15) is 0 Å². The van der Waals surface area contributed by atoms with Gasteiger partial charge in [-0.3, -0.25) is 4.90 Å². The molecular weight excluding hydrogens is 290 g/mol. The number of fused-ring (bicyclic) bond motifs is 3. The quantitative estimate of drug-likeness (QED) is 0.601. The van der Waals surface area contributed by atoms with Crippen LogP contribution in [-0.4, -0.2) is 42.2 Å². The molecule has 4 heteroatoms. The Labute approximate surface area is 140 Å². The van der Waals surface area contributed by atoms with Crippen LogP contribution in [0.2, 0.25) is 0 Å². The van der Waals surface area contributed by atoms with E-state index in [9.17, 15) is 0 Å². The first-order chi connectivity index (χ1) is 10.8. The third-order valence-electron chi connectivity index (χ3n) is 6.01. The first kappa shape index (κ1) is 16.3. The van der Waals surface area contributed by atoms with Gasteiger partial charge in [0.25, 0.3) is 0 Å². The summed E-state index contributed by atoms with van der Waals surface area (Å²) in [6.07, 6.45) is 11.8. The Morgan fingerprint density at radius 2 is 1.91 bits per heavy atom. The highest BCUT2D eigenvalue weighted by atomic mass is 32.1. The highest BCUT2D eigenvalue weighted by Crippen LogP contribution is 2.36. The molecule has 0 radical (unpaired) electrons. The maximum Gasteiger partial charge on any atom is 0.166 e. The number of piperidine rings is 3. The third-order valence-corrected chi connectivity index (χ3v) is 6.29.